The van der Waals surface area contributed by atoms with E-state index in [1.165, 1.54) is 135 Å². The van der Waals surface area contributed by atoms with Gasteiger partial charge in [-0.05, 0) is 12.8 Å². The molecule has 0 aromatic rings. The van der Waals surface area contributed by atoms with Crippen molar-refractivity contribution < 1.29 is 20.1 Å². The molecule has 5 nitrogen and oxygen atoms in total. The molecule has 3 atom stereocenters. The first-order valence-electron chi connectivity index (χ1n) is 17.8. The zero-order valence-corrected chi connectivity index (χ0v) is 27.0. The number of aliphatic hydroxyl groups excluding tert-OH is 3. The maximum Gasteiger partial charge on any atom is 0.222 e. The lowest BCUT2D eigenvalue weighted by Crippen LogP contribution is -2.46. The highest BCUT2D eigenvalue weighted by molar-refractivity contribution is 5.76. The van der Waals surface area contributed by atoms with Crippen molar-refractivity contribution >= 4 is 5.91 Å². The van der Waals surface area contributed by atoms with Gasteiger partial charge in [-0.2, -0.15) is 0 Å². The molecule has 240 valence electrons. The van der Waals surface area contributed by atoms with E-state index in [-0.39, 0.29) is 18.9 Å². The highest BCUT2D eigenvalue weighted by Gasteiger charge is 2.21. The van der Waals surface area contributed by atoms with Crippen LogP contribution >= 0.6 is 0 Å². The Morgan fingerprint density at radius 2 is 0.850 bits per heavy atom. The Morgan fingerprint density at radius 3 is 1.20 bits per heavy atom. The largest absolute Gasteiger partial charge is 0.394 e. The minimum Gasteiger partial charge on any atom is -0.394 e. The van der Waals surface area contributed by atoms with Crippen LogP contribution in [-0.2, 0) is 4.79 Å². The minimum atomic E-state index is -0.740. The molecule has 0 aliphatic carbocycles. The smallest absolute Gasteiger partial charge is 0.222 e. The molecule has 4 N–H and O–H groups in total. The molecule has 0 aliphatic rings. The number of hydrogen-bond acceptors (Lipinski definition) is 4. The van der Waals surface area contributed by atoms with Crippen LogP contribution in [0.25, 0.3) is 0 Å². The number of aliphatic hydroxyl groups is 3. The summed E-state index contributed by atoms with van der Waals surface area (Å²) in [4.78, 5) is 12.3. The van der Waals surface area contributed by atoms with Gasteiger partial charge in [0.15, 0.2) is 0 Å². The third-order valence-corrected chi connectivity index (χ3v) is 8.42. The quantitative estimate of drug-likeness (QED) is 0.0608. The third kappa shape index (κ3) is 27.5. The summed E-state index contributed by atoms with van der Waals surface area (Å²) >= 11 is 0. The minimum absolute atomic E-state index is 0.0417. The van der Waals surface area contributed by atoms with Crippen LogP contribution in [0.3, 0.4) is 0 Å². The van der Waals surface area contributed by atoms with Crippen LogP contribution < -0.4 is 5.32 Å². The number of hydrogen-bond donors (Lipinski definition) is 4. The Morgan fingerprint density at radius 1 is 0.525 bits per heavy atom. The number of unbranched alkanes of at least 4 members (excludes halogenated alkanes) is 23. The first-order valence-corrected chi connectivity index (χ1v) is 17.8. The molecule has 1 amide bonds. The van der Waals surface area contributed by atoms with Crippen molar-refractivity contribution in [3.8, 4) is 0 Å². The fourth-order valence-corrected chi connectivity index (χ4v) is 5.64. The molecular weight excluding hydrogens is 498 g/mol. The Balaban J connectivity index is 3.64. The van der Waals surface area contributed by atoms with E-state index >= 15 is 0 Å². The van der Waals surface area contributed by atoms with Gasteiger partial charge in [-0.15, -0.1) is 0 Å². The molecule has 0 saturated heterocycles. The molecule has 0 aromatic heterocycles. The van der Waals surface area contributed by atoms with E-state index in [0.717, 1.165) is 25.7 Å². The van der Waals surface area contributed by atoms with Crippen LogP contribution in [-0.4, -0.2) is 46.1 Å². The Bertz CT molecular complexity index is 516. The number of amides is 1. The normalized spacial score (nSPS) is 13.8. The molecule has 0 radical (unpaired) electrons. The van der Waals surface area contributed by atoms with Crippen LogP contribution in [0.5, 0.6) is 0 Å². The second kappa shape index (κ2) is 31.3. The van der Waals surface area contributed by atoms with E-state index in [1.807, 2.05) is 0 Å². The van der Waals surface area contributed by atoms with Crippen LogP contribution in [0.15, 0.2) is 0 Å². The van der Waals surface area contributed by atoms with Gasteiger partial charge in [0.25, 0.3) is 0 Å². The topological polar surface area (TPSA) is 89.8 Å². The molecule has 0 heterocycles. The Kier molecular flexibility index (Phi) is 30.8. The van der Waals surface area contributed by atoms with Crippen molar-refractivity contribution in [2.45, 2.75) is 212 Å². The first kappa shape index (κ1) is 39.4. The summed E-state index contributed by atoms with van der Waals surface area (Å²) < 4.78 is 0. The number of rotatable bonds is 32. The van der Waals surface area contributed by atoms with Crippen molar-refractivity contribution in [1.29, 1.82) is 0 Å². The molecule has 0 rings (SSSR count). The Hall–Kier alpha value is -0.650. The predicted molar refractivity (Wildman–Crippen MR) is 172 cm³/mol. The van der Waals surface area contributed by atoms with E-state index in [4.69, 9.17) is 0 Å². The fraction of sp³-hybridized carbons (Fsp3) is 0.971. The van der Waals surface area contributed by atoms with E-state index in [1.54, 1.807) is 0 Å². The summed E-state index contributed by atoms with van der Waals surface area (Å²) in [6, 6.07) is -0.649. The predicted octanol–water partition coefficient (Wildman–Crippen LogP) is 9.15. The lowest BCUT2D eigenvalue weighted by atomic mass is 10.0. The lowest BCUT2D eigenvalue weighted by molar-refractivity contribution is -0.125. The van der Waals surface area contributed by atoms with Crippen LogP contribution in [0.2, 0.25) is 0 Å². The van der Waals surface area contributed by atoms with E-state index in [0.29, 0.717) is 12.8 Å². The molecule has 0 saturated carbocycles. The summed E-state index contributed by atoms with van der Waals surface area (Å²) in [5, 5.41) is 33.1. The third-order valence-electron chi connectivity index (χ3n) is 8.42. The molecular formula is C35H71NO4. The number of carbonyl (C=O) groups is 1. The molecule has 40 heavy (non-hydrogen) atoms. The van der Waals surface area contributed by atoms with Gasteiger partial charge in [-0.25, -0.2) is 0 Å². The number of carbonyl (C=O) groups excluding carboxylic acids is 1. The summed E-state index contributed by atoms with van der Waals surface area (Å²) in [5.74, 6) is -0.283. The number of nitrogens with one attached hydrogen (secondary N) is 1. The van der Waals surface area contributed by atoms with Gasteiger partial charge in [0.2, 0.25) is 5.91 Å². The average Bonchev–Trinajstić information content (AvgIpc) is 2.94. The van der Waals surface area contributed by atoms with Crippen molar-refractivity contribution in [2.24, 2.45) is 0 Å². The highest BCUT2D eigenvalue weighted by Crippen LogP contribution is 2.16. The standard InChI is InChI=1S/C35H71NO4/c1-3-5-7-9-11-13-15-16-17-18-19-20-22-24-26-28-32(38)30-35(40)36-33(31-37)34(39)29-27-25-23-21-14-12-10-8-6-4-2/h32-34,37-39H,3-31H2,1-2H3,(H,36,40). The molecule has 5 heteroatoms. The molecule has 0 spiro atoms. The summed E-state index contributed by atoms with van der Waals surface area (Å²) in [6.45, 7) is 4.24. The SMILES string of the molecule is CCCCCCCCCCCCCCCCCC(O)CC(=O)NC(CO)C(O)CCCCCCCCCCCC. The van der Waals surface area contributed by atoms with Crippen molar-refractivity contribution in [3.05, 3.63) is 0 Å². The second-order valence-corrected chi connectivity index (χ2v) is 12.5. The van der Waals surface area contributed by atoms with Crippen LogP contribution in [0, 0.1) is 0 Å². The summed E-state index contributed by atoms with van der Waals surface area (Å²) in [7, 11) is 0. The van der Waals surface area contributed by atoms with E-state index < -0.39 is 18.2 Å². The van der Waals surface area contributed by atoms with Crippen LogP contribution in [0.1, 0.15) is 194 Å². The fourth-order valence-electron chi connectivity index (χ4n) is 5.64. The van der Waals surface area contributed by atoms with Crippen LogP contribution in [0.4, 0.5) is 0 Å². The Labute approximate surface area is 249 Å². The summed E-state index contributed by atoms with van der Waals surface area (Å²) in [6.07, 6.45) is 31.9. The van der Waals surface area contributed by atoms with E-state index in [2.05, 4.69) is 19.2 Å². The second-order valence-electron chi connectivity index (χ2n) is 12.5. The van der Waals surface area contributed by atoms with Gasteiger partial charge in [0.1, 0.15) is 0 Å². The van der Waals surface area contributed by atoms with Gasteiger partial charge in [0.05, 0.1) is 31.3 Å². The molecule has 3 unspecified atom stereocenters. The van der Waals surface area contributed by atoms with Gasteiger partial charge < -0.3 is 20.6 Å². The molecule has 0 fully saturated rings. The van der Waals surface area contributed by atoms with E-state index in [9.17, 15) is 20.1 Å². The molecule has 0 aliphatic heterocycles. The highest BCUT2D eigenvalue weighted by atomic mass is 16.3. The van der Waals surface area contributed by atoms with Gasteiger partial charge in [-0.3, -0.25) is 4.79 Å². The van der Waals surface area contributed by atoms with Crippen molar-refractivity contribution in [3.63, 3.8) is 0 Å². The zero-order chi connectivity index (χ0) is 29.5. The monoisotopic (exact) mass is 570 g/mol. The maximum atomic E-state index is 12.3. The first-order chi connectivity index (χ1) is 19.5. The summed E-state index contributed by atoms with van der Waals surface area (Å²) in [5.41, 5.74) is 0. The van der Waals surface area contributed by atoms with Gasteiger partial charge >= 0.3 is 0 Å². The van der Waals surface area contributed by atoms with Gasteiger partial charge in [0, 0.05) is 0 Å². The molecule has 0 aromatic carbocycles. The average molecular weight is 570 g/mol. The maximum absolute atomic E-state index is 12.3. The lowest BCUT2D eigenvalue weighted by Gasteiger charge is -2.23. The van der Waals surface area contributed by atoms with Crippen molar-refractivity contribution in [1.82, 2.24) is 5.32 Å². The van der Waals surface area contributed by atoms with Gasteiger partial charge in [-0.1, -0.05) is 174 Å². The van der Waals surface area contributed by atoms with Crippen molar-refractivity contribution in [2.75, 3.05) is 6.61 Å². The zero-order valence-electron chi connectivity index (χ0n) is 27.0. The molecule has 0 bridgehead atoms.